The molecule has 0 aliphatic carbocycles. The van der Waals surface area contributed by atoms with Crippen LogP contribution in [-0.4, -0.2) is 25.8 Å². The average molecular weight is 371 g/mol. The highest BCUT2D eigenvalue weighted by Crippen LogP contribution is 2.21. The van der Waals surface area contributed by atoms with Crippen LogP contribution >= 0.6 is 0 Å². The van der Waals surface area contributed by atoms with Crippen LogP contribution < -0.4 is 0 Å². The molecule has 1 aromatic heterocycles. The van der Waals surface area contributed by atoms with Crippen LogP contribution in [0.15, 0.2) is 64.0 Å². The SMILES string of the molecule is Cc1ccc(S(C)(=O)=O)cc1C(=O)OCc1cc(-c2ccccc2)on1. The number of carbonyl (C=O) groups excluding carboxylic acids is 1. The van der Waals surface area contributed by atoms with E-state index in [-0.39, 0.29) is 17.1 Å². The van der Waals surface area contributed by atoms with Crippen molar-refractivity contribution in [1.29, 1.82) is 0 Å². The van der Waals surface area contributed by atoms with Gasteiger partial charge in [0.25, 0.3) is 0 Å². The number of hydrogen-bond acceptors (Lipinski definition) is 6. The number of esters is 1. The Hall–Kier alpha value is -2.93. The van der Waals surface area contributed by atoms with Gasteiger partial charge in [0.15, 0.2) is 15.6 Å². The number of carbonyl (C=O) groups is 1. The van der Waals surface area contributed by atoms with Crippen molar-refractivity contribution in [3.05, 3.63) is 71.4 Å². The Bertz CT molecular complexity index is 1040. The molecule has 0 bridgehead atoms. The van der Waals surface area contributed by atoms with Crippen LogP contribution in [0.5, 0.6) is 0 Å². The van der Waals surface area contributed by atoms with Crippen molar-refractivity contribution in [3.63, 3.8) is 0 Å². The van der Waals surface area contributed by atoms with Gasteiger partial charge in [-0.05, 0) is 24.6 Å². The predicted molar refractivity (Wildman–Crippen MR) is 95.3 cm³/mol. The summed E-state index contributed by atoms with van der Waals surface area (Å²) in [6, 6.07) is 15.5. The van der Waals surface area contributed by atoms with Crippen LogP contribution in [0.2, 0.25) is 0 Å². The Morgan fingerprint density at radius 2 is 1.85 bits per heavy atom. The monoisotopic (exact) mass is 371 g/mol. The summed E-state index contributed by atoms with van der Waals surface area (Å²) in [5.41, 5.74) is 2.18. The molecule has 0 saturated carbocycles. The highest BCUT2D eigenvalue weighted by Gasteiger charge is 2.16. The standard InChI is InChI=1S/C19H17NO5S/c1-13-8-9-16(26(2,22)23)11-17(13)19(21)24-12-15-10-18(25-20-15)14-6-4-3-5-7-14/h3-11H,12H2,1-2H3. The van der Waals surface area contributed by atoms with Crippen LogP contribution in [0.25, 0.3) is 11.3 Å². The molecule has 7 heteroatoms. The van der Waals surface area contributed by atoms with Crippen LogP contribution in [0, 0.1) is 6.92 Å². The first kappa shape index (κ1) is 17.9. The van der Waals surface area contributed by atoms with Gasteiger partial charge in [0, 0.05) is 17.9 Å². The van der Waals surface area contributed by atoms with Gasteiger partial charge < -0.3 is 9.26 Å². The summed E-state index contributed by atoms with van der Waals surface area (Å²) < 4.78 is 33.8. The molecule has 0 aliphatic heterocycles. The van der Waals surface area contributed by atoms with E-state index in [1.807, 2.05) is 30.3 Å². The van der Waals surface area contributed by atoms with Crippen molar-refractivity contribution in [1.82, 2.24) is 5.16 Å². The Balaban J connectivity index is 1.73. The summed E-state index contributed by atoms with van der Waals surface area (Å²) in [5.74, 6) is -0.0378. The maximum atomic E-state index is 12.3. The van der Waals surface area contributed by atoms with Gasteiger partial charge in [-0.15, -0.1) is 0 Å². The van der Waals surface area contributed by atoms with E-state index < -0.39 is 15.8 Å². The molecule has 0 spiro atoms. The van der Waals surface area contributed by atoms with E-state index in [0.717, 1.165) is 11.8 Å². The first-order valence-corrected chi connectivity index (χ1v) is 9.72. The lowest BCUT2D eigenvalue weighted by atomic mass is 10.1. The van der Waals surface area contributed by atoms with Crippen molar-refractivity contribution >= 4 is 15.8 Å². The molecule has 3 aromatic rings. The van der Waals surface area contributed by atoms with Crippen molar-refractivity contribution in [2.75, 3.05) is 6.26 Å². The second-order valence-electron chi connectivity index (χ2n) is 5.87. The van der Waals surface area contributed by atoms with Gasteiger partial charge in [-0.3, -0.25) is 0 Å². The van der Waals surface area contributed by atoms with Crippen molar-refractivity contribution in [2.24, 2.45) is 0 Å². The maximum Gasteiger partial charge on any atom is 0.338 e. The lowest BCUT2D eigenvalue weighted by Gasteiger charge is -2.07. The third-order valence-electron chi connectivity index (χ3n) is 3.83. The van der Waals surface area contributed by atoms with Gasteiger partial charge in [-0.25, -0.2) is 13.2 Å². The van der Waals surface area contributed by atoms with E-state index in [4.69, 9.17) is 9.26 Å². The van der Waals surface area contributed by atoms with Gasteiger partial charge in [-0.1, -0.05) is 41.6 Å². The Morgan fingerprint density at radius 3 is 2.54 bits per heavy atom. The van der Waals surface area contributed by atoms with Crippen molar-refractivity contribution < 1.29 is 22.5 Å². The molecule has 0 saturated heterocycles. The normalized spacial score (nSPS) is 11.3. The van der Waals surface area contributed by atoms with Crippen LogP contribution in [-0.2, 0) is 21.2 Å². The van der Waals surface area contributed by atoms with Crippen molar-refractivity contribution in [2.45, 2.75) is 18.4 Å². The molecule has 0 aliphatic rings. The molecule has 0 amide bonds. The van der Waals surface area contributed by atoms with Gasteiger partial charge in [0.2, 0.25) is 0 Å². The first-order chi connectivity index (χ1) is 12.3. The number of aromatic nitrogens is 1. The number of aryl methyl sites for hydroxylation is 1. The minimum Gasteiger partial charge on any atom is -0.455 e. The zero-order chi connectivity index (χ0) is 18.7. The highest BCUT2D eigenvalue weighted by atomic mass is 32.2. The van der Waals surface area contributed by atoms with Crippen molar-refractivity contribution in [3.8, 4) is 11.3 Å². The maximum absolute atomic E-state index is 12.3. The summed E-state index contributed by atoms with van der Waals surface area (Å²) in [5, 5.41) is 3.89. The molecule has 0 atom stereocenters. The number of hydrogen-bond donors (Lipinski definition) is 0. The summed E-state index contributed by atoms with van der Waals surface area (Å²) >= 11 is 0. The topological polar surface area (TPSA) is 86.5 Å². The molecule has 0 unspecified atom stereocenters. The fourth-order valence-electron chi connectivity index (χ4n) is 2.39. The molecule has 0 radical (unpaired) electrons. The molecule has 26 heavy (non-hydrogen) atoms. The van der Waals surface area contributed by atoms with Gasteiger partial charge in [0.05, 0.1) is 10.5 Å². The Labute approximate surface area is 151 Å². The molecule has 1 heterocycles. The van der Waals surface area contributed by atoms with Crippen LogP contribution in [0.4, 0.5) is 0 Å². The molecule has 2 aromatic carbocycles. The molecule has 0 fully saturated rings. The smallest absolute Gasteiger partial charge is 0.338 e. The second-order valence-corrected chi connectivity index (χ2v) is 7.89. The summed E-state index contributed by atoms with van der Waals surface area (Å²) in [6.45, 7) is 1.64. The second kappa shape index (κ2) is 7.13. The number of ether oxygens (including phenoxy) is 1. The molecular weight excluding hydrogens is 354 g/mol. The average Bonchev–Trinajstić information content (AvgIpc) is 3.09. The first-order valence-electron chi connectivity index (χ1n) is 7.83. The third-order valence-corrected chi connectivity index (χ3v) is 4.94. The zero-order valence-corrected chi connectivity index (χ0v) is 15.1. The number of nitrogens with zero attached hydrogens (tertiary/aromatic N) is 1. The molecular formula is C19H17NO5S. The molecule has 3 rings (SSSR count). The van der Waals surface area contributed by atoms with Gasteiger partial charge in [-0.2, -0.15) is 0 Å². The lowest BCUT2D eigenvalue weighted by Crippen LogP contribution is -2.09. The van der Waals surface area contributed by atoms with E-state index in [1.165, 1.54) is 12.1 Å². The number of sulfone groups is 1. The summed E-state index contributed by atoms with van der Waals surface area (Å²) in [4.78, 5) is 12.4. The lowest BCUT2D eigenvalue weighted by molar-refractivity contribution is 0.0463. The number of benzene rings is 2. The van der Waals surface area contributed by atoms with E-state index in [1.54, 1.807) is 19.1 Å². The molecule has 0 N–H and O–H groups in total. The van der Waals surface area contributed by atoms with E-state index in [9.17, 15) is 13.2 Å². The Kier molecular flexibility index (Phi) is 4.90. The Morgan fingerprint density at radius 1 is 1.12 bits per heavy atom. The quantitative estimate of drug-likeness (QED) is 0.639. The minimum atomic E-state index is -3.41. The minimum absolute atomic E-state index is 0.0717. The fraction of sp³-hybridized carbons (Fsp3) is 0.158. The van der Waals surface area contributed by atoms with Gasteiger partial charge >= 0.3 is 5.97 Å². The summed E-state index contributed by atoms with van der Waals surface area (Å²) in [6.07, 6.45) is 1.09. The fourth-order valence-corrected chi connectivity index (χ4v) is 3.03. The molecule has 134 valence electrons. The van der Waals surface area contributed by atoms with E-state index in [0.29, 0.717) is 17.0 Å². The van der Waals surface area contributed by atoms with Crippen LogP contribution in [0.3, 0.4) is 0 Å². The van der Waals surface area contributed by atoms with E-state index >= 15 is 0 Å². The largest absolute Gasteiger partial charge is 0.455 e. The summed E-state index contributed by atoms with van der Waals surface area (Å²) in [7, 11) is -3.41. The predicted octanol–water partition coefficient (Wildman–Crippen LogP) is 3.41. The third kappa shape index (κ3) is 4.00. The zero-order valence-electron chi connectivity index (χ0n) is 14.3. The highest BCUT2D eigenvalue weighted by molar-refractivity contribution is 7.90. The van der Waals surface area contributed by atoms with Crippen LogP contribution in [0.1, 0.15) is 21.6 Å². The van der Waals surface area contributed by atoms with E-state index in [2.05, 4.69) is 5.16 Å². The van der Waals surface area contributed by atoms with Gasteiger partial charge in [0.1, 0.15) is 12.3 Å². The number of rotatable bonds is 5. The molecule has 6 nitrogen and oxygen atoms in total.